The number of amides is 1. The first kappa shape index (κ1) is 30.2. The summed E-state index contributed by atoms with van der Waals surface area (Å²) in [6.07, 6.45) is 0.0401. The second-order valence-electron chi connectivity index (χ2n) is 9.53. The molecule has 9 nitrogen and oxygen atoms in total. The smallest absolute Gasteiger partial charge is 0.303 e. The minimum absolute atomic E-state index is 0.0246. The van der Waals surface area contributed by atoms with E-state index in [0.717, 1.165) is 8.63 Å². The van der Waals surface area contributed by atoms with Gasteiger partial charge in [-0.15, -0.1) is 0 Å². The molecular formula is C28H25Cl2IN3O6-. The number of halogens is 3. The number of hydrogen-bond acceptors (Lipinski definition) is 6. The zero-order valence-corrected chi connectivity index (χ0v) is 25.0. The van der Waals surface area contributed by atoms with Crippen molar-refractivity contribution in [2.45, 2.75) is 50.9 Å². The lowest BCUT2D eigenvalue weighted by atomic mass is 9.95. The van der Waals surface area contributed by atoms with Gasteiger partial charge in [-0.2, -0.15) is 0 Å². The lowest BCUT2D eigenvalue weighted by molar-refractivity contribution is -0.384. The number of carboxylic acids is 1. The highest BCUT2D eigenvalue weighted by molar-refractivity contribution is 14.1. The van der Waals surface area contributed by atoms with Gasteiger partial charge in [0.05, 0.1) is 11.0 Å². The maximum absolute atomic E-state index is 14.4. The number of aliphatic carboxylic acids is 1. The van der Waals surface area contributed by atoms with Gasteiger partial charge in [0.15, 0.2) is 0 Å². The number of unbranched alkanes of at least 4 members (excludes halogenated alkanes) is 1. The van der Waals surface area contributed by atoms with Crippen molar-refractivity contribution < 1.29 is 19.6 Å². The number of fused-ring (bicyclic) bond motifs is 1. The molecule has 0 saturated heterocycles. The number of hydrogen-bond donors (Lipinski definition) is 1. The molecule has 1 N–H and O–H groups in total. The van der Waals surface area contributed by atoms with Crippen LogP contribution in [0.2, 0.25) is 10.0 Å². The lowest BCUT2D eigenvalue weighted by Crippen LogP contribution is -2.42. The van der Waals surface area contributed by atoms with Crippen LogP contribution in [0.15, 0.2) is 60.7 Å². The third kappa shape index (κ3) is 6.41. The maximum Gasteiger partial charge on any atom is 0.303 e. The molecule has 3 unspecified atom stereocenters. The van der Waals surface area contributed by atoms with Crippen molar-refractivity contribution in [1.29, 1.82) is 0 Å². The molecule has 0 spiro atoms. The van der Waals surface area contributed by atoms with Crippen LogP contribution in [0.25, 0.3) is 0 Å². The van der Waals surface area contributed by atoms with E-state index in [0.29, 0.717) is 46.5 Å². The monoisotopic (exact) mass is 696 g/mol. The molecule has 3 aromatic rings. The van der Waals surface area contributed by atoms with E-state index in [9.17, 15) is 24.9 Å². The third-order valence-corrected chi connectivity index (χ3v) is 8.25. The minimum Gasteiger partial charge on any atom is -0.783 e. The van der Waals surface area contributed by atoms with Crippen molar-refractivity contribution in [2.24, 2.45) is 0 Å². The second kappa shape index (κ2) is 12.8. The molecule has 1 amide bonds. The van der Waals surface area contributed by atoms with E-state index in [1.165, 1.54) is 17.0 Å². The molecule has 12 heteroatoms. The van der Waals surface area contributed by atoms with Crippen LogP contribution in [0, 0.1) is 18.9 Å². The fraction of sp³-hybridized carbons (Fsp3) is 0.286. The molecule has 1 aliphatic rings. The average Bonchev–Trinajstić information content (AvgIpc) is 2.99. The number of nitro groups is 1. The van der Waals surface area contributed by atoms with E-state index in [1.807, 2.05) is 6.07 Å². The number of carbonyl (C=O) groups excluding carboxylic acids is 1. The number of benzene rings is 3. The SMILES string of the molecule is CC(c1ccc(Cl)c([N+](=O)[O-])c1)N1C(=O)c2cc(I)ccc2C(CCCCC(=O)O)N([O-])C1c1ccc(Cl)cc1. The molecule has 0 radical (unpaired) electrons. The van der Waals surface area contributed by atoms with Gasteiger partial charge < -0.3 is 20.3 Å². The van der Waals surface area contributed by atoms with Crippen molar-refractivity contribution in [1.82, 2.24) is 9.96 Å². The lowest BCUT2D eigenvalue weighted by Gasteiger charge is -2.48. The van der Waals surface area contributed by atoms with Crippen LogP contribution >= 0.6 is 45.8 Å². The Morgan fingerprint density at radius 3 is 2.45 bits per heavy atom. The standard InChI is InChI=1S/C28H25Cl2IN3O6/c1-16(18-8-13-23(30)25(14-18)34(39)40)32-27(17-6-9-19(29)10-7-17)33(38)24(4-2-3-5-26(35)36)21-12-11-20(31)15-22(21)28(32)37/h6-16,24,27H,2-5H2,1H3,(H,35,36)/q-1. The van der Waals surface area contributed by atoms with Crippen LogP contribution in [0.1, 0.15) is 77.9 Å². The highest BCUT2D eigenvalue weighted by atomic mass is 127. The zero-order chi connectivity index (χ0) is 29.1. The van der Waals surface area contributed by atoms with Gasteiger partial charge in [0.25, 0.3) is 11.6 Å². The van der Waals surface area contributed by atoms with Crippen molar-refractivity contribution in [3.63, 3.8) is 0 Å². The van der Waals surface area contributed by atoms with E-state index in [-0.39, 0.29) is 17.1 Å². The summed E-state index contributed by atoms with van der Waals surface area (Å²) in [5, 5.41) is 36.3. The summed E-state index contributed by atoms with van der Waals surface area (Å²) in [6.45, 7) is 1.71. The van der Waals surface area contributed by atoms with E-state index in [2.05, 4.69) is 22.6 Å². The van der Waals surface area contributed by atoms with Crippen molar-refractivity contribution >= 4 is 63.4 Å². The van der Waals surface area contributed by atoms with Gasteiger partial charge in [-0.05, 0) is 89.4 Å². The Bertz CT molecular complexity index is 1440. The largest absolute Gasteiger partial charge is 0.783 e. The van der Waals surface area contributed by atoms with Gasteiger partial charge in [0.1, 0.15) is 11.2 Å². The van der Waals surface area contributed by atoms with E-state index < -0.39 is 35.0 Å². The van der Waals surface area contributed by atoms with Crippen LogP contribution in [-0.4, -0.2) is 31.9 Å². The zero-order valence-electron chi connectivity index (χ0n) is 21.3. The van der Waals surface area contributed by atoms with Crippen LogP contribution in [0.5, 0.6) is 0 Å². The van der Waals surface area contributed by atoms with E-state index in [1.54, 1.807) is 49.4 Å². The molecule has 0 fully saturated rings. The Kier molecular flexibility index (Phi) is 9.68. The molecular weight excluding hydrogens is 672 g/mol. The number of rotatable bonds is 9. The molecule has 0 aliphatic carbocycles. The summed E-state index contributed by atoms with van der Waals surface area (Å²) in [6, 6.07) is 14.7. The summed E-state index contributed by atoms with van der Waals surface area (Å²) in [7, 11) is 0. The first-order valence-electron chi connectivity index (χ1n) is 12.5. The summed E-state index contributed by atoms with van der Waals surface area (Å²) in [4.78, 5) is 37.9. The molecule has 0 bridgehead atoms. The molecule has 1 aliphatic heterocycles. The summed E-state index contributed by atoms with van der Waals surface area (Å²) >= 11 is 14.3. The van der Waals surface area contributed by atoms with Crippen LogP contribution in [0.4, 0.5) is 5.69 Å². The number of nitrogens with zero attached hydrogens (tertiary/aromatic N) is 3. The van der Waals surface area contributed by atoms with E-state index in [4.69, 9.17) is 28.3 Å². The van der Waals surface area contributed by atoms with Crippen molar-refractivity contribution in [3.05, 3.63) is 112 Å². The Labute approximate surface area is 254 Å². The fourth-order valence-electron chi connectivity index (χ4n) is 5.00. The molecule has 210 valence electrons. The normalized spacial score (nSPS) is 18.2. The maximum atomic E-state index is 14.4. The predicted octanol–water partition coefficient (Wildman–Crippen LogP) is 7.91. The Balaban J connectivity index is 1.88. The Morgan fingerprint density at radius 2 is 1.80 bits per heavy atom. The van der Waals surface area contributed by atoms with Gasteiger partial charge in [-0.3, -0.25) is 19.7 Å². The summed E-state index contributed by atoms with van der Waals surface area (Å²) in [5.74, 6) is -1.33. The minimum atomic E-state index is -1.11. The van der Waals surface area contributed by atoms with Crippen LogP contribution in [-0.2, 0) is 4.79 Å². The average molecular weight is 697 g/mol. The number of carbonyl (C=O) groups is 2. The molecule has 0 aromatic heterocycles. The first-order chi connectivity index (χ1) is 19.0. The Hall–Kier alpha value is -2.77. The topological polar surface area (TPSA) is 127 Å². The van der Waals surface area contributed by atoms with Crippen molar-refractivity contribution in [2.75, 3.05) is 0 Å². The van der Waals surface area contributed by atoms with Gasteiger partial charge >= 0.3 is 5.97 Å². The summed E-state index contributed by atoms with van der Waals surface area (Å²) in [5.41, 5.74) is 1.54. The summed E-state index contributed by atoms with van der Waals surface area (Å²) < 4.78 is 0.798. The van der Waals surface area contributed by atoms with Crippen LogP contribution < -0.4 is 0 Å². The van der Waals surface area contributed by atoms with Gasteiger partial charge in [-0.1, -0.05) is 53.9 Å². The highest BCUT2D eigenvalue weighted by Gasteiger charge is 2.40. The van der Waals surface area contributed by atoms with Crippen molar-refractivity contribution in [3.8, 4) is 0 Å². The Morgan fingerprint density at radius 1 is 1.10 bits per heavy atom. The van der Waals surface area contributed by atoms with Gasteiger partial charge in [0.2, 0.25) is 0 Å². The highest BCUT2D eigenvalue weighted by Crippen LogP contribution is 2.45. The number of hydroxylamine groups is 2. The fourth-order valence-corrected chi connectivity index (χ4v) is 5.81. The number of nitro benzene ring substituents is 1. The molecule has 3 aromatic carbocycles. The van der Waals surface area contributed by atoms with E-state index >= 15 is 0 Å². The molecule has 3 atom stereocenters. The van der Waals surface area contributed by atoms with Gasteiger partial charge in [-0.25, -0.2) is 0 Å². The van der Waals surface area contributed by atoms with Crippen LogP contribution in [0.3, 0.4) is 0 Å². The first-order valence-corrected chi connectivity index (χ1v) is 14.3. The van der Waals surface area contributed by atoms with Gasteiger partial charge in [0, 0.05) is 32.7 Å². The predicted molar refractivity (Wildman–Crippen MR) is 160 cm³/mol. The quantitative estimate of drug-likeness (QED) is 0.104. The molecule has 40 heavy (non-hydrogen) atoms. The number of carboxylic acid groups (broad SMARTS) is 1. The molecule has 4 rings (SSSR count). The molecule has 1 heterocycles. The third-order valence-electron chi connectivity index (χ3n) is 7.00. The second-order valence-corrected chi connectivity index (χ2v) is 11.6. The molecule has 0 saturated carbocycles.